The van der Waals surface area contributed by atoms with Crippen molar-refractivity contribution in [3.05, 3.63) is 75.6 Å². The molecule has 0 aliphatic rings. The zero-order valence-corrected chi connectivity index (χ0v) is 18.0. The number of benzene rings is 2. The maximum absolute atomic E-state index is 12.8. The summed E-state index contributed by atoms with van der Waals surface area (Å²) in [6, 6.07) is 7.55. The number of nitrogens with zero attached hydrogens (tertiary/aromatic N) is 3. The Labute approximate surface area is 195 Å². The van der Waals surface area contributed by atoms with Crippen molar-refractivity contribution in [1.29, 1.82) is 0 Å². The summed E-state index contributed by atoms with van der Waals surface area (Å²) in [5, 5.41) is 17.0. The van der Waals surface area contributed by atoms with E-state index in [2.05, 4.69) is 30.1 Å². The number of alkyl halides is 3. The molecule has 0 spiro atoms. The van der Waals surface area contributed by atoms with Crippen LogP contribution in [0.2, 0.25) is 0 Å². The lowest BCUT2D eigenvalue weighted by Crippen LogP contribution is -2.09. The number of nitrogens with one attached hydrogen (secondary N) is 2. The van der Waals surface area contributed by atoms with Crippen LogP contribution in [-0.2, 0) is 15.7 Å². The average molecular weight is 491 g/mol. The van der Waals surface area contributed by atoms with E-state index in [4.69, 9.17) is 0 Å². The number of halogens is 3. The minimum atomic E-state index is -4.54. The molecule has 3 aromatic rings. The second-order valence-corrected chi connectivity index (χ2v) is 6.78. The number of aromatic nitrogens is 2. The average Bonchev–Trinajstić information content (AvgIpc) is 2.82. The standard InChI is InChI=1S/C21H16F3N5O6/c1-34-19(30)11-7-12(20(31)35-2)9-15(8-11)28-18-16(29(32)33)17(25-10-26-18)27-14-5-3-13(4-6-14)21(22,23)24/h3-10H,1-2H3,(H2,25,26,27,28). The maximum Gasteiger partial charge on any atom is 0.416 e. The van der Waals surface area contributed by atoms with Crippen LogP contribution in [0.1, 0.15) is 26.3 Å². The number of hydrogen-bond donors (Lipinski definition) is 2. The molecule has 182 valence electrons. The predicted octanol–water partition coefficient (Wildman–Crippen LogP) is 4.46. The van der Waals surface area contributed by atoms with Gasteiger partial charge < -0.3 is 20.1 Å². The second kappa shape index (κ2) is 10.0. The van der Waals surface area contributed by atoms with Gasteiger partial charge in [0.05, 0.1) is 35.8 Å². The molecular formula is C21H16F3N5O6. The Hall–Kier alpha value is -4.75. The summed E-state index contributed by atoms with van der Waals surface area (Å²) in [5.74, 6) is -2.19. The molecule has 0 aliphatic heterocycles. The summed E-state index contributed by atoms with van der Waals surface area (Å²) >= 11 is 0. The van der Waals surface area contributed by atoms with Crippen LogP contribution < -0.4 is 10.6 Å². The predicted molar refractivity (Wildman–Crippen MR) is 116 cm³/mol. The Morgan fingerprint density at radius 3 is 1.80 bits per heavy atom. The Morgan fingerprint density at radius 1 is 0.886 bits per heavy atom. The molecule has 0 saturated heterocycles. The summed E-state index contributed by atoms with van der Waals surface area (Å²) in [4.78, 5) is 42.6. The molecule has 35 heavy (non-hydrogen) atoms. The molecule has 0 aliphatic carbocycles. The van der Waals surface area contributed by atoms with E-state index < -0.39 is 34.3 Å². The van der Waals surface area contributed by atoms with Gasteiger partial charge >= 0.3 is 23.8 Å². The van der Waals surface area contributed by atoms with E-state index in [1.165, 1.54) is 18.2 Å². The summed E-state index contributed by atoms with van der Waals surface area (Å²) < 4.78 is 47.7. The van der Waals surface area contributed by atoms with Crippen LogP contribution in [0.4, 0.5) is 41.9 Å². The van der Waals surface area contributed by atoms with Crippen LogP contribution in [0.25, 0.3) is 0 Å². The van der Waals surface area contributed by atoms with Gasteiger partial charge in [-0.05, 0) is 42.5 Å². The lowest BCUT2D eigenvalue weighted by molar-refractivity contribution is -0.383. The van der Waals surface area contributed by atoms with Gasteiger partial charge in [0.15, 0.2) is 0 Å². The van der Waals surface area contributed by atoms with Crippen LogP contribution in [0.15, 0.2) is 48.8 Å². The van der Waals surface area contributed by atoms with E-state index in [0.29, 0.717) is 0 Å². The second-order valence-electron chi connectivity index (χ2n) is 6.78. The smallest absolute Gasteiger partial charge is 0.416 e. The molecule has 0 atom stereocenters. The molecule has 0 amide bonds. The fourth-order valence-electron chi connectivity index (χ4n) is 2.92. The first-order valence-corrected chi connectivity index (χ1v) is 9.56. The topological polar surface area (TPSA) is 146 Å². The third kappa shape index (κ3) is 5.79. The number of esters is 2. The summed E-state index contributed by atoms with van der Waals surface area (Å²) in [6.07, 6.45) is -3.56. The Bertz CT molecular complexity index is 1250. The highest BCUT2D eigenvalue weighted by molar-refractivity contribution is 5.97. The third-order valence-electron chi connectivity index (χ3n) is 4.52. The molecule has 11 nitrogen and oxygen atoms in total. The van der Waals surface area contributed by atoms with Gasteiger partial charge in [0, 0.05) is 11.4 Å². The first-order chi connectivity index (χ1) is 16.5. The van der Waals surface area contributed by atoms with Gasteiger partial charge in [-0.2, -0.15) is 13.2 Å². The van der Waals surface area contributed by atoms with Gasteiger partial charge in [-0.25, -0.2) is 19.6 Å². The molecule has 3 rings (SSSR count). The van der Waals surface area contributed by atoms with E-state index >= 15 is 0 Å². The summed E-state index contributed by atoms with van der Waals surface area (Å²) in [5.41, 5.74) is -1.46. The molecule has 1 heterocycles. The maximum atomic E-state index is 12.8. The minimum absolute atomic E-state index is 0.0438. The summed E-state index contributed by atoms with van der Waals surface area (Å²) in [6.45, 7) is 0. The molecule has 1 aromatic heterocycles. The number of nitro groups is 1. The van der Waals surface area contributed by atoms with Gasteiger partial charge in [0.1, 0.15) is 6.33 Å². The molecule has 14 heteroatoms. The molecule has 2 aromatic carbocycles. The van der Waals surface area contributed by atoms with E-state index in [9.17, 15) is 32.9 Å². The number of rotatable bonds is 7. The number of carbonyl (C=O) groups is 2. The van der Waals surface area contributed by atoms with Crippen molar-refractivity contribution in [2.75, 3.05) is 24.9 Å². The zero-order chi connectivity index (χ0) is 25.8. The Kier molecular flexibility index (Phi) is 7.13. The third-order valence-corrected chi connectivity index (χ3v) is 4.52. The Balaban J connectivity index is 2.00. The lowest BCUT2D eigenvalue weighted by Gasteiger charge is -2.12. The van der Waals surface area contributed by atoms with Crippen LogP contribution in [0.5, 0.6) is 0 Å². The van der Waals surface area contributed by atoms with Gasteiger partial charge in [-0.15, -0.1) is 0 Å². The lowest BCUT2D eigenvalue weighted by atomic mass is 10.1. The monoisotopic (exact) mass is 491 g/mol. The number of methoxy groups -OCH3 is 2. The highest BCUT2D eigenvalue weighted by Gasteiger charge is 2.30. The number of hydrogen-bond acceptors (Lipinski definition) is 10. The molecule has 2 N–H and O–H groups in total. The van der Waals surface area contributed by atoms with Crippen molar-refractivity contribution < 1.29 is 37.2 Å². The molecular weight excluding hydrogens is 475 g/mol. The quantitative estimate of drug-likeness (QED) is 0.276. The fraction of sp³-hybridized carbons (Fsp3) is 0.143. The van der Waals surface area contributed by atoms with Gasteiger partial charge in [0.25, 0.3) is 0 Å². The summed E-state index contributed by atoms with van der Waals surface area (Å²) in [7, 11) is 2.27. The minimum Gasteiger partial charge on any atom is -0.465 e. The van der Waals surface area contributed by atoms with Crippen LogP contribution in [-0.4, -0.2) is 41.0 Å². The number of ether oxygens (including phenoxy) is 2. The zero-order valence-electron chi connectivity index (χ0n) is 18.0. The SMILES string of the molecule is COC(=O)c1cc(Nc2ncnc(Nc3ccc(C(F)(F)F)cc3)c2[N+](=O)[O-])cc(C(=O)OC)c1. The van der Waals surface area contributed by atoms with Gasteiger partial charge in [-0.3, -0.25) is 10.1 Å². The van der Waals surface area contributed by atoms with E-state index in [1.54, 1.807) is 0 Å². The molecule has 0 radical (unpaired) electrons. The normalized spacial score (nSPS) is 10.9. The highest BCUT2D eigenvalue weighted by Crippen LogP contribution is 2.35. The number of carbonyl (C=O) groups excluding carboxylic acids is 2. The van der Waals surface area contributed by atoms with Crippen molar-refractivity contribution in [3.8, 4) is 0 Å². The van der Waals surface area contributed by atoms with E-state index in [-0.39, 0.29) is 34.1 Å². The van der Waals surface area contributed by atoms with Crippen LogP contribution in [0.3, 0.4) is 0 Å². The molecule has 0 unspecified atom stereocenters. The van der Waals surface area contributed by atoms with Crippen molar-refractivity contribution in [2.24, 2.45) is 0 Å². The first-order valence-electron chi connectivity index (χ1n) is 9.56. The van der Waals surface area contributed by atoms with E-state index in [1.807, 2.05) is 0 Å². The van der Waals surface area contributed by atoms with Crippen LogP contribution in [0, 0.1) is 10.1 Å². The molecule has 0 fully saturated rings. The van der Waals surface area contributed by atoms with Crippen molar-refractivity contribution in [2.45, 2.75) is 6.18 Å². The van der Waals surface area contributed by atoms with Gasteiger partial charge in [-0.1, -0.05) is 0 Å². The highest BCUT2D eigenvalue weighted by atomic mass is 19.4. The van der Waals surface area contributed by atoms with E-state index in [0.717, 1.165) is 44.8 Å². The van der Waals surface area contributed by atoms with Gasteiger partial charge in [0.2, 0.25) is 11.6 Å². The Morgan fingerprint density at radius 2 is 1.37 bits per heavy atom. The van der Waals surface area contributed by atoms with Crippen molar-refractivity contribution in [1.82, 2.24) is 9.97 Å². The molecule has 0 saturated carbocycles. The largest absolute Gasteiger partial charge is 0.465 e. The van der Waals surface area contributed by atoms with Crippen molar-refractivity contribution >= 4 is 40.6 Å². The number of anilines is 4. The van der Waals surface area contributed by atoms with Crippen LogP contribution >= 0.6 is 0 Å². The van der Waals surface area contributed by atoms with Crippen molar-refractivity contribution in [3.63, 3.8) is 0 Å². The molecule has 0 bridgehead atoms. The fourth-order valence-corrected chi connectivity index (χ4v) is 2.92. The first kappa shape index (κ1) is 24.9.